The molecule has 32 heavy (non-hydrogen) atoms. The van der Waals surface area contributed by atoms with Gasteiger partial charge in [-0.15, -0.1) is 0 Å². The van der Waals surface area contributed by atoms with Gasteiger partial charge in [-0.25, -0.2) is 19.7 Å². The third kappa shape index (κ3) is 3.58. The normalized spacial score (nSPS) is 11.3. The highest BCUT2D eigenvalue weighted by molar-refractivity contribution is 5.85. The second-order valence-electron chi connectivity index (χ2n) is 7.54. The molecule has 0 radical (unpaired) electrons. The lowest BCUT2D eigenvalue weighted by Gasteiger charge is -2.05. The monoisotopic (exact) mass is 426 g/mol. The number of anilines is 1. The van der Waals surface area contributed by atoms with E-state index in [4.69, 9.17) is 5.73 Å². The fraction of sp³-hybridized carbons (Fsp3) is 0.174. The molecule has 2 aliphatic rings. The number of aromatic nitrogens is 6. The minimum Gasteiger partial charge on any atom is -0.388 e. The number of nitrogens with one attached hydrogen (secondary N) is 1. The second-order valence-corrected chi connectivity index (χ2v) is 7.54. The van der Waals surface area contributed by atoms with Crippen molar-refractivity contribution in [2.24, 2.45) is 5.73 Å². The van der Waals surface area contributed by atoms with Crippen LogP contribution in [0.3, 0.4) is 0 Å². The summed E-state index contributed by atoms with van der Waals surface area (Å²) in [4.78, 5) is 30.4. The molecular weight excluding hydrogens is 404 g/mol. The number of hydrogen-bond acceptors (Lipinski definition) is 7. The van der Waals surface area contributed by atoms with Crippen LogP contribution in [0.5, 0.6) is 0 Å². The molecule has 3 heterocycles. The van der Waals surface area contributed by atoms with Crippen molar-refractivity contribution in [1.29, 1.82) is 0 Å². The van der Waals surface area contributed by atoms with Gasteiger partial charge in [-0.05, 0) is 28.8 Å². The SMILES string of the molecule is CNc1ccc(Cn2c3ncnc4c(ncn4Cc4ccc(CN)cc4)c-3nc2=O)cc1. The lowest BCUT2D eigenvalue weighted by Crippen LogP contribution is -2.17. The first-order valence-corrected chi connectivity index (χ1v) is 10.3. The van der Waals surface area contributed by atoms with Crippen LogP contribution < -0.4 is 16.7 Å². The summed E-state index contributed by atoms with van der Waals surface area (Å²) in [7, 11) is 1.87. The summed E-state index contributed by atoms with van der Waals surface area (Å²) in [5, 5.41) is 3.09. The van der Waals surface area contributed by atoms with Crippen molar-refractivity contribution in [3.63, 3.8) is 0 Å². The fourth-order valence-electron chi connectivity index (χ4n) is 3.73. The zero-order valence-electron chi connectivity index (χ0n) is 17.6. The molecule has 160 valence electrons. The van der Waals surface area contributed by atoms with E-state index >= 15 is 0 Å². The lowest BCUT2D eigenvalue weighted by atomic mass is 10.1. The van der Waals surface area contributed by atoms with Gasteiger partial charge < -0.3 is 15.6 Å². The van der Waals surface area contributed by atoms with Gasteiger partial charge >= 0.3 is 5.69 Å². The summed E-state index contributed by atoms with van der Waals surface area (Å²) in [6, 6.07) is 16.0. The Morgan fingerprint density at radius 1 is 0.906 bits per heavy atom. The van der Waals surface area contributed by atoms with Crippen molar-refractivity contribution < 1.29 is 0 Å². The molecule has 0 bridgehead atoms. The van der Waals surface area contributed by atoms with Crippen LogP contribution in [-0.4, -0.2) is 36.1 Å². The average molecular weight is 426 g/mol. The van der Waals surface area contributed by atoms with Gasteiger partial charge in [0, 0.05) is 19.3 Å². The van der Waals surface area contributed by atoms with Crippen molar-refractivity contribution in [3.05, 3.63) is 88.4 Å². The van der Waals surface area contributed by atoms with E-state index in [-0.39, 0.29) is 5.69 Å². The largest absolute Gasteiger partial charge is 0.388 e. The first-order chi connectivity index (χ1) is 15.7. The third-order valence-electron chi connectivity index (χ3n) is 5.50. The first kappa shape index (κ1) is 19.8. The van der Waals surface area contributed by atoms with E-state index in [1.165, 1.54) is 6.33 Å². The number of nitrogens with zero attached hydrogens (tertiary/aromatic N) is 6. The van der Waals surface area contributed by atoms with Gasteiger partial charge in [0.15, 0.2) is 11.5 Å². The molecule has 0 saturated carbocycles. The molecule has 9 heteroatoms. The molecular formula is C23H22N8O. The zero-order valence-corrected chi connectivity index (χ0v) is 17.6. The first-order valence-electron chi connectivity index (χ1n) is 10.3. The molecule has 2 aliphatic heterocycles. The minimum atomic E-state index is -0.357. The highest BCUT2D eigenvalue weighted by Gasteiger charge is 2.21. The van der Waals surface area contributed by atoms with Gasteiger partial charge in [-0.3, -0.25) is 4.57 Å². The maximum Gasteiger partial charge on any atom is 0.350 e. The Hall–Kier alpha value is -4.11. The molecule has 0 spiro atoms. The highest BCUT2D eigenvalue weighted by atomic mass is 16.1. The van der Waals surface area contributed by atoms with Crippen LogP contribution in [0, 0.1) is 0 Å². The van der Waals surface area contributed by atoms with E-state index in [0.717, 1.165) is 22.4 Å². The third-order valence-corrected chi connectivity index (χ3v) is 5.50. The maximum absolute atomic E-state index is 12.7. The number of hydrogen-bond donors (Lipinski definition) is 2. The summed E-state index contributed by atoms with van der Waals surface area (Å²) in [6.45, 7) is 1.46. The van der Waals surface area contributed by atoms with Gasteiger partial charge in [-0.1, -0.05) is 36.4 Å². The fourth-order valence-corrected chi connectivity index (χ4v) is 3.73. The summed E-state index contributed by atoms with van der Waals surface area (Å²) in [6.07, 6.45) is 3.18. The Morgan fingerprint density at radius 3 is 2.31 bits per heavy atom. The number of rotatable bonds is 6. The van der Waals surface area contributed by atoms with Crippen LogP contribution in [0.4, 0.5) is 5.69 Å². The molecule has 9 nitrogen and oxygen atoms in total. The van der Waals surface area contributed by atoms with Crippen LogP contribution in [0.25, 0.3) is 22.7 Å². The highest BCUT2D eigenvalue weighted by Crippen LogP contribution is 2.24. The molecule has 0 aliphatic carbocycles. The van der Waals surface area contributed by atoms with Crippen molar-refractivity contribution in [1.82, 2.24) is 29.1 Å². The Balaban J connectivity index is 1.51. The number of benzene rings is 2. The van der Waals surface area contributed by atoms with Crippen molar-refractivity contribution in [2.45, 2.75) is 19.6 Å². The molecule has 0 amide bonds. The Labute approximate surface area is 184 Å². The van der Waals surface area contributed by atoms with Gasteiger partial charge in [0.2, 0.25) is 0 Å². The maximum atomic E-state index is 12.7. The predicted octanol–water partition coefficient (Wildman–Crippen LogP) is 2.08. The molecule has 1 aromatic heterocycles. The Morgan fingerprint density at radius 2 is 1.59 bits per heavy atom. The van der Waals surface area contributed by atoms with Crippen molar-refractivity contribution >= 4 is 16.9 Å². The van der Waals surface area contributed by atoms with E-state index in [1.807, 2.05) is 60.1 Å². The topological polar surface area (TPSA) is 117 Å². The van der Waals surface area contributed by atoms with E-state index in [0.29, 0.717) is 42.3 Å². The van der Waals surface area contributed by atoms with Crippen LogP contribution >= 0.6 is 0 Å². The van der Waals surface area contributed by atoms with Gasteiger partial charge in [0.05, 0.1) is 19.4 Å². The molecule has 0 saturated heterocycles. The molecule has 3 N–H and O–H groups in total. The molecule has 0 fully saturated rings. The van der Waals surface area contributed by atoms with Crippen LogP contribution in [0.1, 0.15) is 16.7 Å². The van der Waals surface area contributed by atoms with E-state index in [9.17, 15) is 4.79 Å². The molecule has 0 atom stereocenters. The lowest BCUT2D eigenvalue weighted by molar-refractivity contribution is 0.758. The summed E-state index contributed by atoms with van der Waals surface area (Å²) < 4.78 is 3.48. The quantitative estimate of drug-likeness (QED) is 0.427. The average Bonchev–Trinajstić information content (AvgIpc) is 3.29. The van der Waals surface area contributed by atoms with Gasteiger partial charge in [0.1, 0.15) is 17.5 Å². The van der Waals surface area contributed by atoms with Crippen LogP contribution in [-0.2, 0) is 19.6 Å². The van der Waals surface area contributed by atoms with Crippen LogP contribution in [0.2, 0.25) is 0 Å². The standard InChI is InChI=1S/C23H22N8O/c1-25-18-8-6-17(7-9-18)12-31-22-20(29-23(31)32)19-21(26-13-27-22)30(14-28-19)11-16-4-2-15(10-24)3-5-16/h2-9,13-14,25H,10-12,24H2,1H3. The number of nitrogens with two attached hydrogens (primary N) is 1. The smallest absolute Gasteiger partial charge is 0.350 e. The van der Waals surface area contributed by atoms with Crippen molar-refractivity contribution in [3.8, 4) is 11.5 Å². The van der Waals surface area contributed by atoms with Gasteiger partial charge in [-0.2, -0.15) is 4.98 Å². The Kier molecular flexibility index (Phi) is 5.08. The summed E-state index contributed by atoms with van der Waals surface area (Å²) in [5.74, 6) is 0.466. The molecule has 0 unspecified atom stereocenters. The summed E-state index contributed by atoms with van der Waals surface area (Å²) in [5.41, 5.74) is 11.1. The molecule has 5 rings (SSSR count). The van der Waals surface area contributed by atoms with Gasteiger partial charge in [0.25, 0.3) is 0 Å². The van der Waals surface area contributed by atoms with E-state index in [1.54, 1.807) is 10.9 Å². The predicted molar refractivity (Wildman–Crippen MR) is 123 cm³/mol. The minimum absolute atomic E-state index is 0.357. The molecule has 2 aromatic carbocycles. The van der Waals surface area contributed by atoms with E-state index < -0.39 is 0 Å². The molecule has 3 aromatic rings. The Bertz CT molecular complexity index is 1400. The second kappa shape index (κ2) is 8.20. The number of imidazole rings is 2. The summed E-state index contributed by atoms with van der Waals surface area (Å²) >= 11 is 0. The van der Waals surface area contributed by atoms with E-state index in [2.05, 4.69) is 25.3 Å². The number of fused-ring (bicyclic) bond motifs is 3. The zero-order chi connectivity index (χ0) is 22.1. The van der Waals surface area contributed by atoms with Crippen molar-refractivity contribution in [2.75, 3.05) is 12.4 Å². The van der Waals surface area contributed by atoms with Crippen LogP contribution in [0.15, 0.2) is 66.0 Å².